The van der Waals surface area contributed by atoms with Crippen molar-refractivity contribution in [1.82, 2.24) is 15.5 Å². The highest BCUT2D eigenvalue weighted by atomic mass is 127. The van der Waals surface area contributed by atoms with Gasteiger partial charge in [-0.3, -0.25) is 4.99 Å². The molecule has 1 aromatic rings. The molecule has 0 spiro atoms. The SMILES string of the molecule is CCNC(=NCCCOc1ccccc1C)NC1CCN(CC2CCOC2)CC1.I. The van der Waals surface area contributed by atoms with Gasteiger partial charge in [0.25, 0.3) is 0 Å². The Labute approximate surface area is 199 Å². The maximum atomic E-state index is 5.87. The maximum Gasteiger partial charge on any atom is 0.191 e. The van der Waals surface area contributed by atoms with Crippen LogP contribution in [-0.4, -0.2) is 69.4 Å². The lowest BCUT2D eigenvalue weighted by atomic mass is 10.0. The molecule has 6 nitrogen and oxygen atoms in total. The van der Waals surface area contributed by atoms with E-state index >= 15 is 0 Å². The first kappa shape index (κ1) is 25.2. The van der Waals surface area contributed by atoms with Crippen LogP contribution in [0, 0.1) is 12.8 Å². The predicted octanol–water partition coefficient (Wildman–Crippen LogP) is 3.44. The van der Waals surface area contributed by atoms with Crippen molar-refractivity contribution in [1.29, 1.82) is 0 Å². The molecule has 2 aliphatic heterocycles. The van der Waals surface area contributed by atoms with Crippen LogP contribution in [0.5, 0.6) is 5.75 Å². The third kappa shape index (κ3) is 8.59. The summed E-state index contributed by atoms with van der Waals surface area (Å²) in [5.74, 6) is 2.64. The van der Waals surface area contributed by atoms with Crippen LogP contribution >= 0.6 is 24.0 Å². The molecule has 2 saturated heterocycles. The van der Waals surface area contributed by atoms with Gasteiger partial charge in [0.15, 0.2) is 5.96 Å². The summed E-state index contributed by atoms with van der Waals surface area (Å²) in [5.41, 5.74) is 1.18. The topological polar surface area (TPSA) is 58.1 Å². The van der Waals surface area contributed by atoms with Gasteiger partial charge in [0.1, 0.15) is 5.75 Å². The zero-order chi connectivity index (χ0) is 20.3. The van der Waals surface area contributed by atoms with E-state index in [-0.39, 0.29) is 24.0 Å². The highest BCUT2D eigenvalue weighted by Gasteiger charge is 2.24. The molecule has 0 aromatic heterocycles. The fourth-order valence-corrected chi connectivity index (χ4v) is 4.02. The van der Waals surface area contributed by atoms with Gasteiger partial charge in [-0.2, -0.15) is 0 Å². The number of hydrogen-bond acceptors (Lipinski definition) is 4. The van der Waals surface area contributed by atoms with E-state index in [4.69, 9.17) is 14.5 Å². The van der Waals surface area contributed by atoms with E-state index in [2.05, 4.69) is 35.4 Å². The summed E-state index contributed by atoms with van der Waals surface area (Å²) < 4.78 is 11.4. The Morgan fingerprint density at radius 2 is 2.03 bits per heavy atom. The smallest absolute Gasteiger partial charge is 0.191 e. The third-order valence-corrected chi connectivity index (χ3v) is 5.74. The van der Waals surface area contributed by atoms with Crippen LogP contribution in [0.2, 0.25) is 0 Å². The molecule has 2 fully saturated rings. The highest BCUT2D eigenvalue weighted by Crippen LogP contribution is 2.18. The van der Waals surface area contributed by atoms with Crippen LogP contribution in [0.25, 0.3) is 0 Å². The molecule has 2 heterocycles. The van der Waals surface area contributed by atoms with Crippen molar-refractivity contribution in [2.75, 3.05) is 52.5 Å². The number of aryl methyl sites for hydroxylation is 1. The zero-order valence-corrected chi connectivity index (χ0v) is 20.9. The molecular weight excluding hydrogens is 491 g/mol. The van der Waals surface area contributed by atoms with Crippen LogP contribution in [0.4, 0.5) is 0 Å². The van der Waals surface area contributed by atoms with Gasteiger partial charge in [-0.15, -0.1) is 24.0 Å². The minimum Gasteiger partial charge on any atom is -0.493 e. The number of aliphatic imine (C=N–C) groups is 1. The van der Waals surface area contributed by atoms with Gasteiger partial charge >= 0.3 is 0 Å². The Balaban J connectivity index is 0.00000320. The van der Waals surface area contributed by atoms with Gasteiger partial charge in [0.2, 0.25) is 0 Å². The second kappa shape index (κ2) is 14.1. The summed E-state index contributed by atoms with van der Waals surface area (Å²) in [6.07, 6.45) is 4.48. The number of likely N-dealkylation sites (tertiary alicyclic amines) is 1. The van der Waals surface area contributed by atoms with Gasteiger partial charge in [0, 0.05) is 51.8 Å². The first-order valence-electron chi connectivity index (χ1n) is 11.3. The Hall–Kier alpha value is -1.06. The standard InChI is InChI=1S/C23H38N4O2.HI/c1-3-24-23(25-12-6-15-29-22-8-5-4-7-19(22)2)26-21-9-13-27(14-10-21)17-20-11-16-28-18-20;/h4-5,7-8,20-21H,3,6,9-18H2,1-2H3,(H2,24,25,26);1H. The second-order valence-electron chi connectivity index (χ2n) is 8.18. The number of rotatable bonds is 9. The zero-order valence-electron chi connectivity index (χ0n) is 18.6. The number of nitrogens with one attached hydrogen (secondary N) is 2. The fourth-order valence-electron chi connectivity index (χ4n) is 4.02. The summed E-state index contributed by atoms with van der Waals surface area (Å²) in [6, 6.07) is 8.66. The number of guanidine groups is 1. The second-order valence-corrected chi connectivity index (χ2v) is 8.18. The molecule has 3 rings (SSSR count). The lowest BCUT2D eigenvalue weighted by Crippen LogP contribution is -2.49. The van der Waals surface area contributed by atoms with Gasteiger partial charge < -0.3 is 25.0 Å². The molecule has 0 bridgehead atoms. The molecular formula is C23H39IN4O2. The summed E-state index contributed by atoms with van der Waals surface area (Å²) >= 11 is 0. The molecule has 30 heavy (non-hydrogen) atoms. The van der Waals surface area contributed by atoms with E-state index < -0.39 is 0 Å². The predicted molar refractivity (Wildman–Crippen MR) is 134 cm³/mol. The van der Waals surface area contributed by atoms with Crippen molar-refractivity contribution in [2.45, 2.75) is 45.6 Å². The molecule has 7 heteroatoms. The first-order chi connectivity index (χ1) is 14.2. The first-order valence-corrected chi connectivity index (χ1v) is 11.3. The number of halogens is 1. The summed E-state index contributed by atoms with van der Waals surface area (Å²) in [7, 11) is 0. The maximum absolute atomic E-state index is 5.87. The summed E-state index contributed by atoms with van der Waals surface area (Å²) in [5, 5.41) is 7.02. The largest absolute Gasteiger partial charge is 0.493 e. The molecule has 1 unspecified atom stereocenters. The molecule has 0 amide bonds. The Kier molecular flexibility index (Phi) is 11.8. The van der Waals surface area contributed by atoms with Crippen LogP contribution < -0.4 is 15.4 Å². The monoisotopic (exact) mass is 530 g/mol. The molecule has 0 aliphatic carbocycles. The van der Waals surface area contributed by atoms with E-state index in [1.54, 1.807) is 0 Å². The normalized spacial score (nSPS) is 20.6. The van der Waals surface area contributed by atoms with E-state index in [0.29, 0.717) is 12.6 Å². The lowest BCUT2D eigenvalue weighted by Gasteiger charge is -2.34. The molecule has 1 atom stereocenters. The fraction of sp³-hybridized carbons (Fsp3) is 0.696. The van der Waals surface area contributed by atoms with Gasteiger partial charge in [-0.1, -0.05) is 18.2 Å². The van der Waals surface area contributed by atoms with E-state index in [1.165, 1.54) is 31.4 Å². The quantitative estimate of drug-likeness (QED) is 0.222. The van der Waals surface area contributed by atoms with Crippen molar-refractivity contribution >= 4 is 29.9 Å². The minimum atomic E-state index is 0. The van der Waals surface area contributed by atoms with Crippen LogP contribution in [0.1, 0.15) is 38.2 Å². The summed E-state index contributed by atoms with van der Waals surface area (Å²) in [6.45, 7) is 11.9. The molecule has 1 aromatic carbocycles. The van der Waals surface area contributed by atoms with Gasteiger partial charge in [-0.05, 0) is 50.7 Å². The number of hydrogen-bond donors (Lipinski definition) is 2. The summed E-state index contributed by atoms with van der Waals surface area (Å²) in [4.78, 5) is 7.35. The Bertz CT molecular complexity index is 629. The van der Waals surface area contributed by atoms with E-state index in [0.717, 1.165) is 63.4 Å². The van der Waals surface area contributed by atoms with E-state index in [1.807, 2.05) is 18.2 Å². The van der Waals surface area contributed by atoms with Gasteiger partial charge in [-0.25, -0.2) is 0 Å². The molecule has 2 aliphatic rings. The number of nitrogens with zero attached hydrogens (tertiary/aromatic N) is 2. The number of piperidine rings is 1. The number of ether oxygens (including phenoxy) is 2. The molecule has 0 saturated carbocycles. The number of benzene rings is 1. The third-order valence-electron chi connectivity index (χ3n) is 5.74. The van der Waals surface area contributed by atoms with Crippen molar-refractivity contribution in [2.24, 2.45) is 10.9 Å². The van der Waals surface area contributed by atoms with Crippen molar-refractivity contribution in [3.05, 3.63) is 29.8 Å². The van der Waals surface area contributed by atoms with Crippen molar-refractivity contribution in [3.8, 4) is 5.75 Å². The van der Waals surface area contributed by atoms with Crippen LogP contribution in [-0.2, 0) is 4.74 Å². The molecule has 2 N–H and O–H groups in total. The van der Waals surface area contributed by atoms with Crippen molar-refractivity contribution < 1.29 is 9.47 Å². The lowest BCUT2D eigenvalue weighted by molar-refractivity contribution is 0.150. The minimum absolute atomic E-state index is 0. The number of para-hydroxylation sites is 1. The average molecular weight is 530 g/mol. The van der Waals surface area contributed by atoms with Crippen LogP contribution in [0.15, 0.2) is 29.3 Å². The Morgan fingerprint density at radius 1 is 1.23 bits per heavy atom. The average Bonchev–Trinajstić information content (AvgIpc) is 3.24. The molecule has 0 radical (unpaired) electrons. The Morgan fingerprint density at radius 3 is 2.73 bits per heavy atom. The highest BCUT2D eigenvalue weighted by molar-refractivity contribution is 14.0. The van der Waals surface area contributed by atoms with Gasteiger partial charge in [0.05, 0.1) is 13.2 Å². The van der Waals surface area contributed by atoms with Crippen LogP contribution in [0.3, 0.4) is 0 Å². The molecule has 170 valence electrons. The van der Waals surface area contributed by atoms with E-state index in [9.17, 15) is 0 Å². The van der Waals surface area contributed by atoms with Crippen molar-refractivity contribution in [3.63, 3.8) is 0 Å².